The molecular weight excluding hydrogens is 500 g/mol. The van der Waals surface area contributed by atoms with Gasteiger partial charge in [-0.2, -0.15) is 5.10 Å². The molecule has 2 saturated heterocycles. The van der Waals surface area contributed by atoms with Crippen molar-refractivity contribution >= 4 is 56.6 Å². The molecule has 5 heterocycles. The number of halogens is 1. The minimum absolute atomic E-state index is 0.161. The molecule has 0 aliphatic carbocycles. The third kappa shape index (κ3) is 4.37. The molecule has 6 rings (SSSR count). The van der Waals surface area contributed by atoms with Gasteiger partial charge in [-0.05, 0) is 36.8 Å². The first-order valence-corrected chi connectivity index (χ1v) is 13.8. The van der Waals surface area contributed by atoms with Crippen molar-refractivity contribution in [2.75, 3.05) is 36.0 Å². The summed E-state index contributed by atoms with van der Waals surface area (Å²) >= 11 is 9.85. The molecule has 8 nitrogen and oxygen atoms in total. The first kappa shape index (κ1) is 23.0. The van der Waals surface area contributed by atoms with Gasteiger partial charge in [-0.1, -0.05) is 23.4 Å². The van der Waals surface area contributed by atoms with Crippen LogP contribution in [0.2, 0.25) is 5.02 Å². The van der Waals surface area contributed by atoms with E-state index in [0.717, 1.165) is 77.2 Å². The molecule has 2 fully saturated rings. The van der Waals surface area contributed by atoms with Gasteiger partial charge in [-0.15, -0.1) is 11.3 Å². The van der Waals surface area contributed by atoms with Crippen LogP contribution in [0.1, 0.15) is 19.3 Å². The van der Waals surface area contributed by atoms with Crippen LogP contribution in [0, 0.1) is 5.41 Å². The highest BCUT2D eigenvalue weighted by Crippen LogP contribution is 2.42. The number of hydrogen-bond donors (Lipinski definition) is 1. The second-order valence-electron chi connectivity index (χ2n) is 9.39. The Kier molecular flexibility index (Phi) is 6.08. The van der Waals surface area contributed by atoms with Crippen molar-refractivity contribution in [2.45, 2.75) is 35.2 Å². The molecule has 0 amide bonds. The van der Waals surface area contributed by atoms with E-state index in [4.69, 9.17) is 22.3 Å². The Balaban J connectivity index is 1.09. The maximum Gasteiger partial charge on any atom is 0.185 e. The molecule has 1 unspecified atom stereocenters. The van der Waals surface area contributed by atoms with Crippen LogP contribution in [0.15, 0.2) is 52.2 Å². The lowest BCUT2D eigenvalue weighted by Crippen LogP contribution is -2.59. The predicted molar refractivity (Wildman–Crippen MR) is 143 cm³/mol. The largest absolute Gasteiger partial charge is 0.355 e. The highest BCUT2D eigenvalue weighted by Gasteiger charge is 2.43. The fraction of sp³-hybridized carbons (Fsp3) is 0.417. The van der Waals surface area contributed by atoms with E-state index < -0.39 is 0 Å². The molecule has 11 heteroatoms. The van der Waals surface area contributed by atoms with Crippen molar-refractivity contribution in [3.8, 4) is 0 Å². The van der Waals surface area contributed by atoms with Gasteiger partial charge in [0.25, 0.3) is 0 Å². The number of nitrogens with zero attached hydrogens (tertiary/aromatic N) is 7. The molecule has 2 N–H and O–H groups in total. The van der Waals surface area contributed by atoms with Gasteiger partial charge in [-0.3, -0.25) is 4.68 Å². The van der Waals surface area contributed by atoms with E-state index >= 15 is 0 Å². The summed E-state index contributed by atoms with van der Waals surface area (Å²) in [5.74, 6) is 0.923. The molecule has 0 saturated carbocycles. The lowest BCUT2D eigenvalue weighted by atomic mass is 9.68. The molecule has 1 spiro atoms. The van der Waals surface area contributed by atoms with Crippen molar-refractivity contribution in [1.29, 1.82) is 0 Å². The highest BCUT2D eigenvalue weighted by atomic mass is 35.5. The smallest absolute Gasteiger partial charge is 0.185 e. The van der Waals surface area contributed by atoms with Crippen molar-refractivity contribution in [2.24, 2.45) is 18.2 Å². The quantitative estimate of drug-likeness (QED) is 0.417. The summed E-state index contributed by atoms with van der Waals surface area (Å²) in [5.41, 5.74) is 7.83. The molecule has 3 aromatic heterocycles. The predicted octanol–water partition coefficient (Wildman–Crippen LogP) is 4.45. The molecule has 1 aromatic carbocycles. The molecule has 2 aliphatic heterocycles. The molecule has 0 radical (unpaired) electrons. The second-order valence-corrected chi connectivity index (χ2v) is 11.7. The first-order valence-electron chi connectivity index (χ1n) is 11.8. The molecule has 182 valence electrons. The summed E-state index contributed by atoms with van der Waals surface area (Å²) in [4.78, 5) is 19.5. The van der Waals surface area contributed by atoms with Crippen molar-refractivity contribution in [1.82, 2.24) is 24.7 Å². The standard InChI is InChI=1S/C24H27ClN8S2/c1-31-14-16-17(30-31)2-3-18(22(16)25)35-21-13-28-20(12-29-21)32-8-4-24(5-9-32)6-10-33(15-19(24)26)23-27-7-11-34-23/h2-3,7,11-14,19H,4-6,8-10,15,26H2,1H3. The van der Waals surface area contributed by atoms with Crippen molar-refractivity contribution < 1.29 is 0 Å². The van der Waals surface area contributed by atoms with Gasteiger partial charge in [0, 0.05) is 67.3 Å². The van der Waals surface area contributed by atoms with Crippen molar-refractivity contribution in [3.05, 3.63) is 47.3 Å². The number of aryl methyl sites for hydroxylation is 1. The number of nitrogens with two attached hydrogens (primary N) is 1. The van der Waals surface area contributed by atoms with Crippen LogP contribution in [-0.2, 0) is 7.05 Å². The number of aromatic nitrogens is 5. The summed E-state index contributed by atoms with van der Waals surface area (Å²) in [6, 6.07) is 4.14. The van der Waals surface area contributed by atoms with Gasteiger partial charge in [0.1, 0.15) is 10.8 Å². The Bertz CT molecular complexity index is 1320. The maximum absolute atomic E-state index is 6.74. The van der Waals surface area contributed by atoms with E-state index in [1.54, 1.807) is 16.0 Å². The summed E-state index contributed by atoms with van der Waals surface area (Å²) in [5, 5.41) is 10.00. The summed E-state index contributed by atoms with van der Waals surface area (Å²) < 4.78 is 1.78. The van der Waals surface area contributed by atoms with Gasteiger partial charge in [0.15, 0.2) is 5.13 Å². The number of anilines is 2. The fourth-order valence-electron chi connectivity index (χ4n) is 5.29. The van der Waals surface area contributed by atoms with Gasteiger partial charge >= 0.3 is 0 Å². The van der Waals surface area contributed by atoms with E-state index in [2.05, 4.69) is 24.9 Å². The summed E-state index contributed by atoms with van der Waals surface area (Å²) in [6.07, 6.45) is 10.8. The fourth-order valence-corrected chi connectivity index (χ4v) is 7.06. The van der Waals surface area contributed by atoms with E-state index in [-0.39, 0.29) is 11.5 Å². The lowest BCUT2D eigenvalue weighted by Gasteiger charge is -2.50. The van der Waals surface area contributed by atoms with E-state index in [1.165, 1.54) is 11.8 Å². The Morgan fingerprint density at radius 2 is 1.89 bits per heavy atom. The molecule has 2 aliphatic rings. The molecule has 1 atom stereocenters. The Morgan fingerprint density at radius 3 is 2.57 bits per heavy atom. The van der Waals surface area contributed by atoms with Gasteiger partial charge < -0.3 is 15.5 Å². The SMILES string of the molecule is Cn1cc2c(Cl)c(Sc3cnc(N4CCC5(CC4)CCN(c4nccs4)CC5N)cn3)ccc2n1. The number of hydrogen-bond acceptors (Lipinski definition) is 9. The van der Waals surface area contributed by atoms with Crippen LogP contribution in [0.5, 0.6) is 0 Å². The van der Waals surface area contributed by atoms with Crippen LogP contribution in [0.4, 0.5) is 10.9 Å². The molecule has 0 bridgehead atoms. The number of benzene rings is 1. The first-order chi connectivity index (χ1) is 17.0. The summed E-state index contributed by atoms with van der Waals surface area (Å²) in [6.45, 7) is 3.82. The minimum Gasteiger partial charge on any atom is -0.355 e. The second kappa shape index (κ2) is 9.24. The zero-order valence-electron chi connectivity index (χ0n) is 19.5. The zero-order valence-corrected chi connectivity index (χ0v) is 21.9. The lowest BCUT2D eigenvalue weighted by molar-refractivity contribution is 0.136. The van der Waals surface area contributed by atoms with Crippen LogP contribution in [0.3, 0.4) is 0 Å². The normalized spacial score (nSPS) is 20.1. The average molecular weight is 527 g/mol. The Hall–Kier alpha value is -2.40. The number of piperidine rings is 2. The molecule has 35 heavy (non-hydrogen) atoms. The third-order valence-electron chi connectivity index (χ3n) is 7.39. The highest BCUT2D eigenvalue weighted by molar-refractivity contribution is 7.99. The van der Waals surface area contributed by atoms with Crippen LogP contribution in [-0.4, -0.2) is 57.0 Å². The maximum atomic E-state index is 6.74. The number of rotatable bonds is 4. The Morgan fingerprint density at radius 1 is 1.09 bits per heavy atom. The van der Waals surface area contributed by atoms with Gasteiger partial charge in [-0.25, -0.2) is 15.0 Å². The topological polar surface area (TPSA) is 89.0 Å². The zero-order chi connectivity index (χ0) is 24.0. The van der Waals surface area contributed by atoms with E-state index in [9.17, 15) is 0 Å². The number of thiazole rings is 1. The summed E-state index contributed by atoms with van der Waals surface area (Å²) in [7, 11) is 1.90. The third-order valence-corrected chi connectivity index (χ3v) is 9.72. The van der Waals surface area contributed by atoms with Crippen LogP contribution in [0.25, 0.3) is 10.9 Å². The number of fused-ring (bicyclic) bond motifs is 1. The van der Waals surface area contributed by atoms with Crippen LogP contribution >= 0.6 is 34.7 Å². The van der Waals surface area contributed by atoms with Crippen molar-refractivity contribution in [3.63, 3.8) is 0 Å². The molecule has 4 aromatic rings. The average Bonchev–Trinajstić information content (AvgIpc) is 3.54. The van der Waals surface area contributed by atoms with E-state index in [1.807, 2.05) is 49.3 Å². The van der Waals surface area contributed by atoms with Gasteiger partial charge in [0.2, 0.25) is 0 Å². The minimum atomic E-state index is 0.161. The van der Waals surface area contributed by atoms with Crippen LogP contribution < -0.4 is 15.5 Å². The van der Waals surface area contributed by atoms with Gasteiger partial charge in [0.05, 0.1) is 22.9 Å². The van der Waals surface area contributed by atoms with E-state index in [0.29, 0.717) is 5.02 Å². The Labute approximate surface area is 217 Å². The monoisotopic (exact) mass is 526 g/mol. The molecular formula is C24H27ClN8S2.